The van der Waals surface area contributed by atoms with Crippen LogP contribution in [0.25, 0.3) is 0 Å². The van der Waals surface area contributed by atoms with Crippen LogP contribution in [0.2, 0.25) is 0 Å². The number of ether oxygens (including phenoxy) is 1. The Morgan fingerprint density at radius 3 is 3.27 bits per heavy atom. The van der Waals surface area contributed by atoms with Crippen LogP contribution in [0.5, 0.6) is 0 Å². The van der Waals surface area contributed by atoms with Crippen molar-refractivity contribution >= 4 is 11.9 Å². The minimum Gasteiger partial charge on any atom is -0.497 e. The zero-order valence-electron chi connectivity index (χ0n) is 8.34. The van der Waals surface area contributed by atoms with Crippen LogP contribution in [0.3, 0.4) is 0 Å². The number of fused-ring (bicyclic) bond motifs is 3. The molecular weight excluding hydrogens is 188 g/mol. The predicted octanol–water partition coefficient (Wildman–Crippen LogP) is 1.95. The van der Waals surface area contributed by atoms with Crippen molar-refractivity contribution in [1.82, 2.24) is 0 Å². The zero-order valence-corrected chi connectivity index (χ0v) is 8.34. The van der Waals surface area contributed by atoms with Crippen molar-refractivity contribution in [2.45, 2.75) is 12.6 Å². The van der Waals surface area contributed by atoms with Gasteiger partial charge in [0.1, 0.15) is 12.6 Å². The van der Waals surface area contributed by atoms with Crippen molar-refractivity contribution in [3.63, 3.8) is 0 Å². The van der Waals surface area contributed by atoms with Crippen molar-refractivity contribution in [3.05, 3.63) is 42.3 Å². The Labute approximate surface area is 88.7 Å². The summed E-state index contributed by atoms with van der Waals surface area (Å²) in [5, 5.41) is 0. The molecule has 1 unspecified atom stereocenters. The summed E-state index contributed by atoms with van der Waals surface area (Å²) in [5.74, 6) is 0. The number of rotatable bonds is 0. The molecule has 3 rings (SSSR count). The van der Waals surface area contributed by atoms with Crippen LogP contribution in [-0.4, -0.2) is 18.9 Å². The van der Waals surface area contributed by atoms with Gasteiger partial charge >= 0.3 is 0 Å². The molecular formula is C12H12N2O. The Kier molecular flexibility index (Phi) is 1.95. The van der Waals surface area contributed by atoms with Gasteiger partial charge in [-0.25, -0.2) is 0 Å². The lowest BCUT2D eigenvalue weighted by Gasteiger charge is -2.30. The average molecular weight is 200 g/mol. The molecule has 76 valence electrons. The van der Waals surface area contributed by atoms with Gasteiger partial charge < -0.3 is 9.64 Å². The molecule has 0 spiro atoms. The third kappa shape index (κ3) is 1.40. The molecule has 0 N–H and O–H groups in total. The Morgan fingerprint density at radius 2 is 2.27 bits per heavy atom. The van der Waals surface area contributed by atoms with Crippen LogP contribution in [-0.2, 0) is 11.3 Å². The van der Waals surface area contributed by atoms with Gasteiger partial charge in [0.25, 0.3) is 0 Å². The molecule has 2 aliphatic heterocycles. The third-order valence-electron chi connectivity index (χ3n) is 2.75. The topological polar surface area (TPSA) is 24.8 Å². The molecule has 0 amide bonds. The first-order chi connectivity index (χ1) is 7.45. The minimum absolute atomic E-state index is 0.235. The van der Waals surface area contributed by atoms with Crippen LogP contribution >= 0.6 is 0 Å². The highest BCUT2D eigenvalue weighted by molar-refractivity contribution is 5.75. The van der Waals surface area contributed by atoms with E-state index in [4.69, 9.17) is 4.74 Å². The van der Waals surface area contributed by atoms with Crippen LogP contribution in [0.15, 0.2) is 41.7 Å². The Hall–Kier alpha value is -1.77. The lowest BCUT2D eigenvalue weighted by Crippen LogP contribution is -2.37. The second-order valence-corrected chi connectivity index (χ2v) is 3.71. The molecule has 2 aliphatic rings. The van der Waals surface area contributed by atoms with Crippen molar-refractivity contribution < 1.29 is 4.74 Å². The fraction of sp³-hybridized carbons (Fsp3) is 0.250. The fourth-order valence-electron chi connectivity index (χ4n) is 2.00. The maximum absolute atomic E-state index is 5.30. The number of para-hydroxylation sites is 1. The average Bonchev–Trinajstić information content (AvgIpc) is 2.48. The van der Waals surface area contributed by atoms with E-state index < -0.39 is 0 Å². The van der Waals surface area contributed by atoms with E-state index in [-0.39, 0.29) is 6.04 Å². The van der Waals surface area contributed by atoms with Crippen molar-refractivity contribution in [3.8, 4) is 0 Å². The van der Waals surface area contributed by atoms with Gasteiger partial charge in [0.15, 0.2) is 0 Å². The number of aliphatic imine (C=N–C) groups is 1. The van der Waals surface area contributed by atoms with E-state index in [1.165, 1.54) is 11.3 Å². The highest BCUT2D eigenvalue weighted by Gasteiger charge is 2.22. The lowest BCUT2D eigenvalue weighted by atomic mass is 10.1. The highest BCUT2D eigenvalue weighted by atomic mass is 16.5. The SMILES string of the molecule is C1=CN2c3ccccc3CN=CC2CO1. The van der Waals surface area contributed by atoms with Crippen LogP contribution in [0.4, 0.5) is 5.69 Å². The van der Waals surface area contributed by atoms with Gasteiger partial charge in [0, 0.05) is 18.1 Å². The molecule has 0 aliphatic carbocycles. The van der Waals surface area contributed by atoms with E-state index in [0.717, 1.165) is 6.54 Å². The van der Waals surface area contributed by atoms with E-state index in [0.29, 0.717) is 6.61 Å². The van der Waals surface area contributed by atoms with Gasteiger partial charge in [0.05, 0.1) is 12.8 Å². The van der Waals surface area contributed by atoms with Crippen LogP contribution < -0.4 is 4.90 Å². The van der Waals surface area contributed by atoms with E-state index in [1.54, 1.807) is 6.26 Å². The molecule has 1 aromatic carbocycles. The number of benzene rings is 1. The fourth-order valence-corrected chi connectivity index (χ4v) is 2.00. The first kappa shape index (κ1) is 8.53. The maximum Gasteiger partial charge on any atom is 0.113 e. The molecule has 3 nitrogen and oxygen atoms in total. The molecule has 0 bridgehead atoms. The smallest absolute Gasteiger partial charge is 0.113 e. The summed E-state index contributed by atoms with van der Waals surface area (Å²) < 4.78 is 5.30. The molecule has 2 heterocycles. The first-order valence-electron chi connectivity index (χ1n) is 5.09. The zero-order chi connectivity index (χ0) is 10.1. The quantitative estimate of drug-likeness (QED) is 0.639. The summed E-state index contributed by atoms with van der Waals surface area (Å²) in [6.45, 7) is 1.44. The third-order valence-corrected chi connectivity index (χ3v) is 2.75. The van der Waals surface area contributed by atoms with Crippen molar-refractivity contribution in [1.29, 1.82) is 0 Å². The van der Waals surface area contributed by atoms with E-state index in [9.17, 15) is 0 Å². The minimum atomic E-state index is 0.235. The molecule has 1 atom stereocenters. The molecule has 15 heavy (non-hydrogen) atoms. The number of nitrogens with zero attached hydrogens (tertiary/aromatic N) is 2. The molecule has 1 aromatic rings. The Bertz CT molecular complexity index is 425. The molecule has 0 saturated carbocycles. The van der Waals surface area contributed by atoms with Gasteiger partial charge in [-0.05, 0) is 11.6 Å². The largest absolute Gasteiger partial charge is 0.497 e. The predicted molar refractivity (Wildman–Crippen MR) is 60.0 cm³/mol. The Balaban J connectivity index is 2.11. The van der Waals surface area contributed by atoms with Crippen LogP contribution in [0, 0.1) is 0 Å². The molecule has 0 fully saturated rings. The summed E-state index contributed by atoms with van der Waals surface area (Å²) in [5.41, 5.74) is 2.50. The number of hydrogen-bond donors (Lipinski definition) is 0. The van der Waals surface area contributed by atoms with Gasteiger partial charge in [0.2, 0.25) is 0 Å². The number of anilines is 1. The summed E-state index contributed by atoms with van der Waals surface area (Å²) in [6.07, 6.45) is 5.69. The van der Waals surface area contributed by atoms with Gasteiger partial charge in [-0.2, -0.15) is 0 Å². The first-order valence-corrected chi connectivity index (χ1v) is 5.09. The summed E-state index contributed by atoms with van der Waals surface area (Å²) in [4.78, 5) is 6.63. The van der Waals surface area contributed by atoms with E-state index in [2.05, 4.69) is 34.2 Å². The van der Waals surface area contributed by atoms with E-state index in [1.807, 2.05) is 12.4 Å². The van der Waals surface area contributed by atoms with Gasteiger partial charge in [-0.1, -0.05) is 18.2 Å². The molecule has 3 heteroatoms. The monoisotopic (exact) mass is 200 g/mol. The van der Waals surface area contributed by atoms with Crippen LogP contribution in [0.1, 0.15) is 5.56 Å². The summed E-state index contributed by atoms with van der Waals surface area (Å²) in [7, 11) is 0. The second kappa shape index (κ2) is 3.42. The lowest BCUT2D eigenvalue weighted by molar-refractivity contribution is 0.232. The standard InChI is InChI=1S/C12H12N2O/c1-2-4-12-10(3-1)7-13-8-11-9-15-6-5-14(11)12/h1-6,8,11H,7,9H2. The van der Waals surface area contributed by atoms with Gasteiger partial charge in [-0.3, -0.25) is 4.99 Å². The summed E-state index contributed by atoms with van der Waals surface area (Å²) in [6, 6.07) is 8.60. The number of hydrogen-bond acceptors (Lipinski definition) is 3. The highest BCUT2D eigenvalue weighted by Crippen LogP contribution is 2.26. The van der Waals surface area contributed by atoms with Crippen molar-refractivity contribution in [2.75, 3.05) is 11.5 Å². The Morgan fingerprint density at radius 1 is 1.33 bits per heavy atom. The normalized spacial score (nSPS) is 22.7. The van der Waals surface area contributed by atoms with Crippen molar-refractivity contribution in [2.24, 2.45) is 4.99 Å². The molecule has 0 radical (unpaired) electrons. The summed E-state index contributed by atoms with van der Waals surface area (Å²) >= 11 is 0. The second-order valence-electron chi connectivity index (χ2n) is 3.71. The van der Waals surface area contributed by atoms with Gasteiger partial charge in [-0.15, -0.1) is 0 Å². The maximum atomic E-state index is 5.30. The molecule has 0 saturated heterocycles. The molecule has 0 aromatic heterocycles. The van der Waals surface area contributed by atoms with E-state index >= 15 is 0 Å².